The van der Waals surface area contributed by atoms with Gasteiger partial charge in [0.05, 0.1) is 10.9 Å². The van der Waals surface area contributed by atoms with Gasteiger partial charge in [0, 0.05) is 38.8 Å². The SMILES string of the molecule is CCN(CC)S(=O)(=O)c1cccc(C(=O)N(C)C2CCN(C(=O)OC(C)(C)C)C2)c1. The third-order valence-electron chi connectivity index (χ3n) is 5.11. The molecule has 1 aliphatic rings. The van der Waals surface area contributed by atoms with Crippen molar-refractivity contribution in [2.24, 2.45) is 0 Å². The third kappa shape index (κ3) is 5.51. The lowest BCUT2D eigenvalue weighted by atomic mass is 10.1. The summed E-state index contributed by atoms with van der Waals surface area (Å²) in [5.74, 6) is -0.275. The zero-order chi connectivity index (χ0) is 22.7. The largest absolute Gasteiger partial charge is 0.444 e. The summed E-state index contributed by atoms with van der Waals surface area (Å²) in [6.07, 6.45) is 0.247. The molecule has 0 spiro atoms. The molecular weight excluding hydrogens is 406 g/mol. The first-order valence-electron chi connectivity index (χ1n) is 10.3. The number of carbonyl (C=O) groups excluding carboxylic acids is 2. The normalized spacial score (nSPS) is 17.3. The second-order valence-electron chi connectivity index (χ2n) is 8.40. The van der Waals surface area contributed by atoms with E-state index in [0.717, 1.165) is 0 Å². The van der Waals surface area contributed by atoms with Crippen LogP contribution in [0.1, 0.15) is 51.4 Å². The van der Waals surface area contributed by atoms with Gasteiger partial charge in [-0.1, -0.05) is 19.9 Å². The molecule has 2 rings (SSSR count). The highest BCUT2D eigenvalue weighted by Gasteiger charge is 2.34. The summed E-state index contributed by atoms with van der Waals surface area (Å²) in [5.41, 5.74) is -0.269. The lowest BCUT2D eigenvalue weighted by Crippen LogP contribution is -2.41. The summed E-state index contributed by atoms with van der Waals surface area (Å²) in [5, 5.41) is 0. The second kappa shape index (κ2) is 9.34. The van der Waals surface area contributed by atoms with E-state index in [-0.39, 0.29) is 16.8 Å². The molecular formula is C21H33N3O5S. The van der Waals surface area contributed by atoms with Gasteiger partial charge >= 0.3 is 6.09 Å². The van der Waals surface area contributed by atoms with Crippen molar-refractivity contribution < 1.29 is 22.7 Å². The van der Waals surface area contributed by atoms with Gasteiger partial charge in [-0.2, -0.15) is 4.31 Å². The van der Waals surface area contributed by atoms with E-state index in [4.69, 9.17) is 4.74 Å². The van der Waals surface area contributed by atoms with Crippen molar-refractivity contribution in [2.45, 2.75) is 57.6 Å². The van der Waals surface area contributed by atoms with Gasteiger partial charge in [0.25, 0.3) is 5.91 Å². The molecule has 1 aromatic rings. The molecule has 1 fully saturated rings. The summed E-state index contributed by atoms with van der Waals surface area (Å²) >= 11 is 0. The maximum Gasteiger partial charge on any atom is 0.410 e. The highest BCUT2D eigenvalue weighted by molar-refractivity contribution is 7.89. The average Bonchev–Trinajstić information content (AvgIpc) is 3.17. The summed E-state index contributed by atoms with van der Waals surface area (Å²) in [7, 11) is -1.97. The molecule has 1 heterocycles. The van der Waals surface area contributed by atoms with Crippen LogP contribution in [0, 0.1) is 0 Å². The number of hydrogen-bond acceptors (Lipinski definition) is 5. The molecule has 0 radical (unpaired) electrons. The first-order valence-corrected chi connectivity index (χ1v) is 11.7. The molecule has 0 aromatic heterocycles. The Hall–Kier alpha value is -2.13. The highest BCUT2D eigenvalue weighted by atomic mass is 32.2. The predicted octanol–water partition coefficient (Wildman–Crippen LogP) is 2.80. The molecule has 1 aromatic carbocycles. The number of ether oxygens (including phenoxy) is 1. The summed E-state index contributed by atoms with van der Waals surface area (Å²) in [4.78, 5) is 28.6. The standard InChI is InChI=1S/C21H33N3O5S/c1-7-24(8-2)30(27,28)18-11-9-10-16(14-18)19(25)22(6)17-12-13-23(15-17)20(26)29-21(3,4)5/h9-11,14,17H,7-8,12-13,15H2,1-6H3. The van der Waals surface area contributed by atoms with Crippen LogP contribution in [0.2, 0.25) is 0 Å². The molecule has 0 aliphatic carbocycles. The fraction of sp³-hybridized carbons (Fsp3) is 0.619. The van der Waals surface area contributed by atoms with E-state index in [1.165, 1.54) is 16.4 Å². The number of hydrogen-bond donors (Lipinski definition) is 0. The fourth-order valence-electron chi connectivity index (χ4n) is 3.42. The van der Waals surface area contributed by atoms with E-state index in [1.807, 2.05) is 20.8 Å². The summed E-state index contributed by atoms with van der Waals surface area (Å²) in [6, 6.07) is 5.96. The molecule has 2 amide bonds. The van der Waals surface area contributed by atoms with E-state index >= 15 is 0 Å². The number of benzene rings is 1. The Morgan fingerprint density at radius 1 is 1.20 bits per heavy atom. The summed E-state index contributed by atoms with van der Waals surface area (Å²) < 4.78 is 32.3. The molecule has 9 heteroatoms. The van der Waals surface area contributed by atoms with Crippen molar-refractivity contribution in [3.63, 3.8) is 0 Å². The van der Waals surface area contributed by atoms with Crippen molar-refractivity contribution >= 4 is 22.0 Å². The molecule has 0 saturated carbocycles. The first kappa shape index (κ1) is 24.1. The minimum Gasteiger partial charge on any atom is -0.444 e. The Morgan fingerprint density at radius 2 is 1.83 bits per heavy atom. The van der Waals surface area contributed by atoms with Crippen LogP contribution in [-0.2, 0) is 14.8 Å². The van der Waals surface area contributed by atoms with Crippen LogP contribution in [0.3, 0.4) is 0 Å². The number of amides is 2. The zero-order valence-corrected chi connectivity index (χ0v) is 19.5. The third-order valence-corrected chi connectivity index (χ3v) is 7.15. The van der Waals surface area contributed by atoms with Gasteiger partial charge in [0.1, 0.15) is 5.60 Å². The topological polar surface area (TPSA) is 87.2 Å². The van der Waals surface area contributed by atoms with Gasteiger partial charge in [-0.05, 0) is 45.4 Å². The molecule has 8 nitrogen and oxygen atoms in total. The van der Waals surface area contributed by atoms with Gasteiger partial charge in [0.15, 0.2) is 0 Å². The Labute approximate surface area is 179 Å². The number of likely N-dealkylation sites (tertiary alicyclic amines) is 1. The smallest absolute Gasteiger partial charge is 0.410 e. The van der Waals surface area contributed by atoms with Crippen LogP contribution < -0.4 is 0 Å². The monoisotopic (exact) mass is 439 g/mol. The van der Waals surface area contributed by atoms with E-state index in [2.05, 4.69) is 0 Å². The quantitative estimate of drug-likeness (QED) is 0.680. The Balaban J connectivity index is 2.13. The Bertz CT molecular complexity index is 875. The van der Waals surface area contributed by atoms with Crippen LogP contribution in [0.15, 0.2) is 29.2 Å². The van der Waals surface area contributed by atoms with Gasteiger partial charge < -0.3 is 14.5 Å². The minimum atomic E-state index is -3.65. The molecule has 30 heavy (non-hydrogen) atoms. The minimum absolute atomic E-state index is 0.104. The molecule has 1 saturated heterocycles. The number of rotatable bonds is 6. The van der Waals surface area contributed by atoms with Crippen LogP contribution >= 0.6 is 0 Å². The van der Waals surface area contributed by atoms with E-state index in [0.29, 0.717) is 38.2 Å². The van der Waals surface area contributed by atoms with Crippen molar-refractivity contribution in [3.05, 3.63) is 29.8 Å². The highest BCUT2D eigenvalue weighted by Crippen LogP contribution is 2.22. The van der Waals surface area contributed by atoms with Crippen LogP contribution in [-0.4, -0.2) is 79.4 Å². The van der Waals surface area contributed by atoms with E-state index < -0.39 is 21.7 Å². The molecule has 168 valence electrons. The number of carbonyl (C=O) groups is 2. The second-order valence-corrected chi connectivity index (χ2v) is 10.3. The van der Waals surface area contributed by atoms with Crippen molar-refractivity contribution in [1.29, 1.82) is 0 Å². The lowest BCUT2D eigenvalue weighted by molar-refractivity contribution is 0.0279. The lowest BCUT2D eigenvalue weighted by Gasteiger charge is -2.27. The molecule has 1 atom stereocenters. The average molecular weight is 440 g/mol. The maximum absolute atomic E-state index is 13.0. The van der Waals surface area contributed by atoms with Gasteiger partial charge in [-0.25, -0.2) is 13.2 Å². The van der Waals surface area contributed by atoms with Gasteiger partial charge in [-0.15, -0.1) is 0 Å². The zero-order valence-electron chi connectivity index (χ0n) is 18.7. The van der Waals surface area contributed by atoms with Gasteiger partial charge in [-0.3, -0.25) is 4.79 Å². The number of likely N-dealkylation sites (N-methyl/N-ethyl adjacent to an activating group) is 1. The van der Waals surface area contributed by atoms with E-state index in [9.17, 15) is 18.0 Å². The molecule has 0 bridgehead atoms. The summed E-state index contributed by atoms with van der Waals surface area (Å²) in [6.45, 7) is 10.6. The molecule has 0 N–H and O–H groups in total. The van der Waals surface area contributed by atoms with Crippen LogP contribution in [0.4, 0.5) is 4.79 Å². The Morgan fingerprint density at radius 3 is 2.40 bits per heavy atom. The van der Waals surface area contributed by atoms with Crippen molar-refractivity contribution in [2.75, 3.05) is 33.2 Å². The van der Waals surface area contributed by atoms with Crippen molar-refractivity contribution in [3.8, 4) is 0 Å². The van der Waals surface area contributed by atoms with Crippen molar-refractivity contribution in [1.82, 2.24) is 14.1 Å². The fourth-order valence-corrected chi connectivity index (χ4v) is 4.93. The van der Waals surface area contributed by atoms with E-state index in [1.54, 1.807) is 42.8 Å². The van der Waals surface area contributed by atoms with Gasteiger partial charge in [0.2, 0.25) is 10.0 Å². The number of nitrogens with zero attached hydrogens (tertiary/aromatic N) is 3. The van der Waals surface area contributed by atoms with Crippen LogP contribution in [0.25, 0.3) is 0 Å². The first-order chi connectivity index (χ1) is 13.9. The Kier molecular flexibility index (Phi) is 7.52. The predicted molar refractivity (Wildman–Crippen MR) is 115 cm³/mol. The molecule has 1 aliphatic heterocycles. The maximum atomic E-state index is 13.0. The number of sulfonamides is 1. The van der Waals surface area contributed by atoms with Crippen LogP contribution in [0.5, 0.6) is 0 Å². The molecule has 1 unspecified atom stereocenters.